The third-order valence-electron chi connectivity index (χ3n) is 6.36. The minimum absolute atomic E-state index is 0.0160. The Balaban J connectivity index is 1.61. The number of hydrogen-bond acceptors (Lipinski definition) is 4. The van der Waals surface area contributed by atoms with E-state index in [9.17, 15) is 9.59 Å². The van der Waals surface area contributed by atoms with Gasteiger partial charge in [-0.05, 0) is 73.6 Å². The van der Waals surface area contributed by atoms with E-state index in [0.717, 1.165) is 41.7 Å². The first kappa shape index (κ1) is 21.4. The highest BCUT2D eigenvalue weighted by Gasteiger charge is 2.29. The highest BCUT2D eigenvalue weighted by Crippen LogP contribution is 2.33. The van der Waals surface area contributed by atoms with Crippen molar-refractivity contribution in [3.63, 3.8) is 0 Å². The number of nitrogens with zero attached hydrogens (tertiary/aromatic N) is 1. The molecule has 0 spiro atoms. The Hall–Kier alpha value is -2.86. The summed E-state index contributed by atoms with van der Waals surface area (Å²) in [6, 6.07) is 9.58. The SMILES string of the molecule is CNC(=O)c1ccc(Cc2cc3c(c(C)c2C)OCCN(CC2CCCO2)C3=O)cc1. The lowest BCUT2D eigenvalue weighted by atomic mass is 9.93. The van der Waals surface area contributed by atoms with Crippen LogP contribution in [0.25, 0.3) is 0 Å². The van der Waals surface area contributed by atoms with Crippen LogP contribution in [0.4, 0.5) is 0 Å². The molecule has 2 aromatic rings. The van der Waals surface area contributed by atoms with Gasteiger partial charge in [0, 0.05) is 25.8 Å². The average Bonchev–Trinajstić information content (AvgIpc) is 3.24. The van der Waals surface area contributed by atoms with Gasteiger partial charge in [0.1, 0.15) is 12.4 Å². The molecule has 2 amide bonds. The van der Waals surface area contributed by atoms with E-state index in [1.807, 2.05) is 42.2 Å². The maximum Gasteiger partial charge on any atom is 0.257 e. The first-order valence-electron chi connectivity index (χ1n) is 11.0. The number of hydrogen-bond donors (Lipinski definition) is 1. The molecule has 4 rings (SSSR count). The van der Waals surface area contributed by atoms with Gasteiger partial charge in [-0.2, -0.15) is 0 Å². The Labute approximate surface area is 183 Å². The van der Waals surface area contributed by atoms with E-state index >= 15 is 0 Å². The summed E-state index contributed by atoms with van der Waals surface area (Å²) in [6.45, 7) is 6.56. The van der Waals surface area contributed by atoms with E-state index in [1.165, 1.54) is 0 Å². The van der Waals surface area contributed by atoms with Gasteiger partial charge in [-0.15, -0.1) is 0 Å². The van der Waals surface area contributed by atoms with Gasteiger partial charge in [0.25, 0.3) is 11.8 Å². The van der Waals surface area contributed by atoms with Gasteiger partial charge in [0.15, 0.2) is 0 Å². The number of ether oxygens (including phenoxy) is 2. The van der Waals surface area contributed by atoms with Gasteiger partial charge < -0.3 is 19.7 Å². The molecule has 0 bridgehead atoms. The molecule has 164 valence electrons. The molecule has 6 heteroatoms. The number of amides is 2. The van der Waals surface area contributed by atoms with Crippen molar-refractivity contribution in [1.82, 2.24) is 10.2 Å². The van der Waals surface area contributed by atoms with E-state index in [1.54, 1.807) is 7.05 Å². The molecule has 1 N–H and O–H groups in total. The fourth-order valence-corrected chi connectivity index (χ4v) is 4.37. The fourth-order valence-electron chi connectivity index (χ4n) is 4.37. The molecule has 31 heavy (non-hydrogen) atoms. The quantitative estimate of drug-likeness (QED) is 0.803. The maximum absolute atomic E-state index is 13.4. The van der Waals surface area contributed by atoms with Crippen molar-refractivity contribution in [1.29, 1.82) is 0 Å². The molecule has 0 saturated carbocycles. The predicted octanol–water partition coefficient (Wildman–Crippen LogP) is 3.27. The van der Waals surface area contributed by atoms with Gasteiger partial charge in [-0.3, -0.25) is 9.59 Å². The Kier molecular flexibility index (Phi) is 6.28. The number of nitrogens with one attached hydrogen (secondary N) is 1. The van der Waals surface area contributed by atoms with Crippen LogP contribution in [0.1, 0.15) is 55.8 Å². The highest BCUT2D eigenvalue weighted by atomic mass is 16.5. The number of fused-ring (bicyclic) bond motifs is 1. The van der Waals surface area contributed by atoms with Crippen LogP contribution >= 0.6 is 0 Å². The second kappa shape index (κ2) is 9.10. The molecule has 1 atom stereocenters. The highest BCUT2D eigenvalue weighted by molar-refractivity contribution is 5.98. The minimum atomic E-state index is -0.0994. The number of benzene rings is 2. The lowest BCUT2D eigenvalue weighted by Gasteiger charge is -2.23. The molecular formula is C25H30N2O4. The first-order chi connectivity index (χ1) is 15.0. The van der Waals surface area contributed by atoms with Crippen molar-refractivity contribution in [2.45, 2.75) is 39.2 Å². The third-order valence-corrected chi connectivity index (χ3v) is 6.36. The molecule has 0 aromatic heterocycles. The standard InChI is InChI=1S/C25H30N2O4/c1-16-17(2)23-22(25(29)27(10-12-31-23)15-21-5-4-11-30-21)14-20(16)13-18-6-8-19(9-7-18)24(28)26-3/h6-9,14,21H,4-5,10-13,15H2,1-3H3,(H,26,28). The zero-order valence-corrected chi connectivity index (χ0v) is 18.5. The Bertz CT molecular complexity index is 978. The Morgan fingerprint density at radius 3 is 2.61 bits per heavy atom. The number of carbonyl (C=O) groups is 2. The van der Waals surface area contributed by atoms with Crippen LogP contribution in [0, 0.1) is 13.8 Å². The molecule has 2 heterocycles. The van der Waals surface area contributed by atoms with Crippen LogP contribution in [-0.2, 0) is 11.2 Å². The summed E-state index contributed by atoms with van der Waals surface area (Å²) in [5.74, 6) is 0.621. The lowest BCUT2D eigenvalue weighted by molar-refractivity contribution is 0.0519. The smallest absolute Gasteiger partial charge is 0.257 e. The van der Waals surface area contributed by atoms with Gasteiger partial charge in [-0.1, -0.05) is 12.1 Å². The summed E-state index contributed by atoms with van der Waals surface area (Å²) < 4.78 is 11.8. The van der Waals surface area contributed by atoms with Crippen molar-refractivity contribution in [2.75, 3.05) is 33.4 Å². The van der Waals surface area contributed by atoms with Gasteiger partial charge >= 0.3 is 0 Å². The molecule has 2 aliphatic rings. The zero-order valence-electron chi connectivity index (χ0n) is 18.5. The van der Waals surface area contributed by atoms with Crippen LogP contribution in [0.15, 0.2) is 30.3 Å². The van der Waals surface area contributed by atoms with Crippen LogP contribution in [-0.4, -0.2) is 56.2 Å². The van der Waals surface area contributed by atoms with Crippen LogP contribution in [0.3, 0.4) is 0 Å². The van der Waals surface area contributed by atoms with Crippen molar-refractivity contribution >= 4 is 11.8 Å². The van der Waals surface area contributed by atoms with E-state index in [4.69, 9.17) is 9.47 Å². The maximum atomic E-state index is 13.4. The first-order valence-corrected chi connectivity index (χ1v) is 11.0. The molecule has 1 saturated heterocycles. The summed E-state index contributed by atoms with van der Waals surface area (Å²) in [6.07, 6.45) is 2.87. The van der Waals surface area contributed by atoms with Crippen molar-refractivity contribution in [3.8, 4) is 5.75 Å². The van der Waals surface area contributed by atoms with E-state index in [2.05, 4.69) is 12.2 Å². The average molecular weight is 423 g/mol. The molecule has 0 radical (unpaired) electrons. The molecular weight excluding hydrogens is 392 g/mol. The largest absolute Gasteiger partial charge is 0.491 e. The molecule has 2 aliphatic heterocycles. The van der Waals surface area contributed by atoms with Gasteiger partial charge in [0.2, 0.25) is 0 Å². The minimum Gasteiger partial charge on any atom is -0.491 e. The molecule has 2 aromatic carbocycles. The van der Waals surface area contributed by atoms with E-state index in [-0.39, 0.29) is 17.9 Å². The summed E-state index contributed by atoms with van der Waals surface area (Å²) in [5.41, 5.74) is 5.61. The number of rotatable bonds is 5. The van der Waals surface area contributed by atoms with Crippen LogP contribution < -0.4 is 10.1 Å². The van der Waals surface area contributed by atoms with E-state index < -0.39 is 0 Å². The summed E-state index contributed by atoms with van der Waals surface area (Å²) >= 11 is 0. The summed E-state index contributed by atoms with van der Waals surface area (Å²) in [5, 5.41) is 2.64. The summed E-state index contributed by atoms with van der Waals surface area (Å²) in [4.78, 5) is 27.1. The van der Waals surface area contributed by atoms with Crippen molar-refractivity contribution in [3.05, 3.63) is 63.7 Å². The van der Waals surface area contributed by atoms with Gasteiger partial charge in [-0.25, -0.2) is 0 Å². The molecule has 6 nitrogen and oxygen atoms in total. The monoisotopic (exact) mass is 422 g/mol. The second-order valence-corrected chi connectivity index (χ2v) is 8.35. The van der Waals surface area contributed by atoms with Crippen LogP contribution in [0.5, 0.6) is 5.75 Å². The zero-order chi connectivity index (χ0) is 22.0. The Morgan fingerprint density at radius 1 is 1.16 bits per heavy atom. The van der Waals surface area contributed by atoms with Gasteiger partial charge in [0.05, 0.1) is 18.2 Å². The predicted molar refractivity (Wildman–Crippen MR) is 119 cm³/mol. The molecule has 1 fully saturated rings. The normalized spacial score (nSPS) is 18.4. The lowest BCUT2D eigenvalue weighted by Crippen LogP contribution is -2.38. The van der Waals surface area contributed by atoms with Crippen molar-refractivity contribution in [2.24, 2.45) is 0 Å². The summed E-state index contributed by atoms with van der Waals surface area (Å²) in [7, 11) is 1.62. The molecule has 0 aliphatic carbocycles. The third kappa shape index (κ3) is 4.44. The fraction of sp³-hybridized carbons (Fsp3) is 0.440. The number of carbonyl (C=O) groups excluding carboxylic acids is 2. The Morgan fingerprint density at radius 2 is 1.94 bits per heavy atom. The topological polar surface area (TPSA) is 67.9 Å². The molecule has 1 unspecified atom stereocenters. The van der Waals surface area contributed by atoms with Crippen molar-refractivity contribution < 1.29 is 19.1 Å². The van der Waals surface area contributed by atoms with Crippen LogP contribution in [0.2, 0.25) is 0 Å². The van der Waals surface area contributed by atoms with E-state index in [0.29, 0.717) is 43.0 Å². The second-order valence-electron chi connectivity index (χ2n) is 8.35.